The zero-order valence-electron chi connectivity index (χ0n) is 19.8. The van der Waals surface area contributed by atoms with Crippen molar-refractivity contribution in [3.63, 3.8) is 0 Å². The number of hydrogen-bond donors (Lipinski definition) is 2. The Bertz CT molecular complexity index is 676. The van der Waals surface area contributed by atoms with Crippen LogP contribution in [0.3, 0.4) is 0 Å². The van der Waals surface area contributed by atoms with Gasteiger partial charge in [-0.1, -0.05) is 12.1 Å². The zero-order chi connectivity index (χ0) is 21.9. The van der Waals surface area contributed by atoms with Crippen LogP contribution in [-0.4, -0.2) is 101 Å². The Balaban J connectivity index is 1.46. The highest BCUT2D eigenvalue weighted by molar-refractivity contribution is 5.79. The van der Waals surface area contributed by atoms with E-state index in [9.17, 15) is 0 Å². The van der Waals surface area contributed by atoms with E-state index in [1.807, 2.05) is 13.1 Å². The minimum absolute atomic E-state index is 0.324. The standard InChI is InChI=1S/C24H42N6O/c1-25-24(26-11-7-13-29-14-8-12-28(2)17-18-29)27-20-23(30-15-4-5-16-30)21-9-6-10-22(19-21)31-3/h6,9-10,19,23H,4-5,7-8,11-18,20H2,1-3H3,(H2,25,26,27). The SMILES string of the molecule is CN=C(NCCCN1CCCN(C)CC1)NCC(c1cccc(OC)c1)N1CCCC1. The summed E-state index contributed by atoms with van der Waals surface area (Å²) in [6.07, 6.45) is 4.96. The van der Waals surface area contributed by atoms with E-state index in [4.69, 9.17) is 4.74 Å². The summed E-state index contributed by atoms with van der Waals surface area (Å²) in [6, 6.07) is 8.80. The lowest BCUT2D eigenvalue weighted by atomic mass is 10.1. The number of hydrogen-bond acceptors (Lipinski definition) is 5. The maximum atomic E-state index is 5.46. The molecule has 3 rings (SSSR count). The van der Waals surface area contributed by atoms with Crippen molar-refractivity contribution < 1.29 is 4.74 Å². The average molecular weight is 431 g/mol. The van der Waals surface area contributed by atoms with E-state index in [0.717, 1.165) is 50.9 Å². The van der Waals surface area contributed by atoms with E-state index in [-0.39, 0.29) is 0 Å². The number of nitrogens with one attached hydrogen (secondary N) is 2. The molecule has 0 amide bonds. The van der Waals surface area contributed by atoms with Crippen molar-refractivity contribution in [2.75, 3.05) is 80.1 Å². The number of methoxy groups -OCH3 is 1. The summed E-state index contributed by atoms with van der Waals surface area (Å²) in [6.45, 7) is 10.0. The number of aliphatic imine (C=N–C) groups is 1. The van der Waals surface area contributed by atoms with Crippen LogP contribution >= 0.6 is 0 Å². The van der Waals surface area contributed by atoms with Gasteiger partial charge in [0.2, 0.25) is 0 Å². The molecule has 0 radical (unpaired) electrons. The third-order valence-corrected chi connectivity index (χ3v) is 6.50. The first-order chi connectivity index (χ1) is 15.2. The summed E-state index contributed by atoms with van der Waals surface area (Å²) >= 11 is 0. The summed E-state index contributed by atoms with van der Waals surface area (Å²) in [7, 11) is 5.82. The normalized spacial score (nSPS) is 20.4. The largest absolute Gasteiger partial charge is 0.497 e. The molecule has 0 bridgehead atoms. The Hall–Kier alpha value is -1.83. The molecular formula is C24H42N6O. The highest BCUT2D eigenvalue weighted by Crippen LogP contribution is 2.27. The van der Waals surface area contributed by atoms with Crippen LogP contribution in [-0.2, 0) is 0 Å². The molecule has 2 saturated heterocycles. The summed E-state index contributed by atoms with van der Waals surface area (Å²) < 4.78 is 5.46. The second kappa shape index (κ2) is 12.9. The van der Waals surface area contributed by atoms with Crippen LogP contribution < -0.4 is 15.4 Å². The van der Waals surface area contributed by atoms with Crippen LogP contribution in [0.4, 0.5) is 0 Å². The van der Waals surface area contributed by atoms with Gasteiger partial charge in [0, 0.05) is 33.2 Å². The van der Waals surface area contributed by atoms with Crippen molar-refractivity contribution in [3.8, 4) is 5.75 Å². The Morgan fingerprint density at radius 2 is 1.90 bits per heavy atom. The van der Waals surface area contributed by atoms with Crippen LogP contribution in [0.2, 0.25) is 0 Å². The molecule has 2 fully saturated rings. The molecule has 2 aliphatic heterocycles. The highest BCUT2D eigenvalue weighted by Gasteiger charge is 2.24. The fourth-order valence-electron chi connectivity index (χ4n) is 4.61. The Kier molecular flexibility index (Phi) is 9.90. The van der Waals surface area contributed by atoms with Gasteiger partial charge in [0.25, 0.3) is 0 Å². The van der Waals surface area contributed by atoms with Crippen molar-refractivity contribution in [3.05, 3.63) is 29.8 Å². The van der Waals surface area contributed by atoms with E-state index >= 15 is 0 Å². The van der Waals surface area contributed by atoms with Crippen molar-refractivity contribution in [1.29, 1.82) is 0 Å². The summed E-state index contributed by atoms with van der Waals surface area (Å²) in [5, 5.41) is 7.08. The van der Waals surface area contributed by atoms with Gasteiger partial charge in [-0.25, -0.2) is 0 Å². The first-order valence-electron chi connectivity index (χ1n) is 11.9. The minimum atomic E-state index is 0.324. The molecule has 1 aromatic carbocycles. The van der Waals surface area contributed by atoms with Crippen LogP contribution in [0.15, 0.2) is 29.3 Å². The molecule has 7 heteroatoms. The molecule has 1 atom stereocenters. The fourth-order valence-corrected chi connectivity index (χ4v) is 4.61. The number of ether oxygens (including phenoxy) is 1. The van der Waals surface area contributed by atoms with Crippen LogP contribution in [0.5, 0.6) is 5.75 Å². The zero-order valence-corrected chi connectivity index (χ0v) is 19.8. The third kappa shape index (κ3) is 7.66. The molecule has 0 aromatic heterocycles. The predicted octanol–water partition coefficient (Wildman–Crippen LogP) is 2.02. The number of benzene rings is 1. The fraction of sp³-hybridized carbons (Fsp3) is 0.708. The molecule has 31 heavy (non-hydrogen) atoms. The van der Waals surface area contributed by atoms with E-state index in [2.05, 4.69) is 55.6 Å². The van der Waals surface area contributed by atoms with Crippen molar-refractivity contribution in [1.82, 2.24) is 25.3 Å². The topological polar surface area (TPSA) is 55.4 Å². The summed E-state index contributed by atoms with van der Waals surface area (Å²) in [5.41, 5.74) is 1.30. The third-order valence-electron chi connectivity index (χ3n) is 6.50. The summed E-state index contributed by atoms with van der Waals surface area (Å²) in [4.78, 5) is 12.1. The number of guanidine groups is 1. The maximum Gasteiger partial charge on any atom is 0.191 e. The number of likely N-dealkylation sites (N-methyl/N-ethyl adjacent to an activating group) is 1. The molecule has 174 valence electrons. The molecule has 0 spiro atoms. The number of nitrogens with zero attached hydrogens (tertiary/aromatic N) is 4. The van der Waals surface area contributed by atoms with E-state index < -0.39 is 0 Å². The number of rotatable bonds is 9. The van der Waals surface area contributed by atoms with Gasteiger partial charge in [-0.3, -0.25) is 9.89 Å². The van der Waals surface area contributed by atoms with Crippen molar-refractivity contribution >= 4 is 5.96 Å². The van der Waals surface area contributed by atoms with Crippen LogP contribution in [0, 0.1) is 0 Å². The lowest BCUT2D eigenvalue weighted by Crippen LogP contribution is -2.43. The Morgan fingerprint density at radius 3 is 2.68 bits per heavy atom. The monoisotopic (exact) mass is 430 g/mol. The van der Waals surface area contributed by atoms with Gasteiger partial charge in [0.15, 0.2) is 5.96 Å². The lowest BCUT2D eigenvalue weighted by Gasteiger charge is -2.29. The van der Waals surface area contributed by atoms with E-state index in [0.29, 0.717) is 6.04 Å². The smallest absolute Gasteiger partial charge is 0.191 e. The van der Waals surface area contributed by atoms with E-state index in [1.54, 1.807) is 7.11 Å². The Labute approximate surface area is 188 Å². The summed E-state index contributed by atoms with van der Waals surface area (Å²) in [5.74, 6) is 1.81. The predicted molar refractivity (Wildman–Crippen MR) is 129 cm³/mol. The Morgan fingerprint density at radius 1 is 1.06 bits per heavy atom. The minimum Gasteiger partial charge on any atom is -0.497 e. The van der Waals surface area contributed by atoms with Gasteiger partial charge in [0.05, 0.1) is 13.2 Å². The first-order valence-corrected chi connectivity index (χ1v) is 11.9. The van der Waals surface area contributed by atoms with Gasteiger partial charge in [-0.15, -0.1) is 0 Å². The molecule has 2 N–H and O–H groups in total. The maximum absolute atomic E-state index is 5.46. The van der Waals surface area contributed by atoms with Gasteiger partial charge < -0.3 is 25.2 Å². The average Bonchev–Trinajstić information content (AvgIpc) is 3.24. The van der Waals surface area contributed by atoms with Gasteiger partial charge >= 0.3 is 0 Å². The van der Waals surface area contributed by atoms with Crippen LogP contribution in [0.1, 0.15) is 37.3 Å². The van der Waals surface area contributed by atoms with Gasteiger partial charge in [0.1, 0.15) is 5.75 Å². The van der Waals surface area contributed by atoms with Crippen molar-refractivity contribution in [2.24, 2.45) is 4.99 Å². The van der Waals surface area contributed by atoms with E-state index in [1.165, 1.54) is 51.0 Å². The quantitative estimate of drug-likeness (QED) is 0.355. The molecule has 2 heterocycles. The lowest BCUT2D eigenvalue weighted by molar-refractivity contribution is 0.244. The van der Waals surface area contributed by atoms with Crippen molar-refractivity contribution in [2.45, 2.75) is 31.7 Å². The first kappa shape index (κ1) is 23.8. The second-order valence-corrected chi connectivity index (χ2v) is 8.77. The molecule has 1 aromatic rings. The number of likely N-dealkylation sites (tertiary alicyclic amines) is 1. The molecule has 2 aliphatic rings. The van der Waals surface area contributed by atoms with Crippen LogP contribution in [0.25, 0.3) is 0 Å². The second-order valence-electron chi connectivity index (χ2n) is 8.77. The molecule has 0 aliphatic carbocycles. The molecular weight excluding hydrogens is 388 g/mol. The molecule has 7 nitrogen and oxygen atoms in total. The van der Waals surface area contributed by atoms with Gasteiger partial charge in [-0.05, 0) is 83.2 Å². The highest BCUT2D eigenvalue weighted by atomic mass is 16.5. The van der Waals surface area contributed by atoms with Gasteiger partial charge in [-0.2, -0.15) is 0 Å². The molecule has 0 saturated carbocycles. The molecule has 1 unspecified atom stereocenters.